The third-order valence-electron chi connectivity index (χ3n) is 4.14. The van der Waals surface area contributed by atoms with Gasteiger partial charge < -0.3 is 20.5 Å². The van der Waals surface area contributed by atoms with Gasteiger partial charge in [0.1, 0.15) is 23.1 Å². The first kappa shape index (κ1) is 16.0. The van der Waals surface area contributed by atoms with Crippen molar-refractivity contribution in [1.82, 2.24) is 9.97 Å². The summed E-state index contributed by atoms with van der Waals surface area (Å²) < 4.78 is 5.46. The van der Waals surface area contributed by atoms with Crippen LogP contribution in [0.4, 0.5) is 11.6 Å². The summed E-state index contributed by atoms with van der Waals surface area (Å²) in [5, 5.41) is 16.9. The van der Waals surface area contributed by atoms with Crippen molar-refractivity contribution >= 4 is 11.6 Å². The molecule has 1 aliphatic rings. The largest absolute Gasteiger partial charge is 0.385 e. The van der Waals surface area contributed by atoms with E-state index in [1.165, 1.54) is 0 Å². The number of aliphatic hydroxyl groups is 1. The van der Waals surface area contributed by atoms with Crippen molar-refractivity contribution in [3.63, 3.8) is 0 Å². The molecule has 2 unspecified atom stereocenters. The van der Waals surface area contributed by atoms with Gasteiger partial charge in [0, 0.05) is 38.1 Å². The van der Waals surface area contributed by atoms with Gasteiger partial charge in [0.25, 0.3) is 0 Å². The molecular formula is C15H26N4O2. The molecule has 1 fully saturated rings. The first-order chi connectivity index (χ1) is 9.87. The summed E-state index contributed by atoms with van der Waals surface area (Å²) >= 11 is 0. The van der Waals surface area contributed by atoms with E-state index in [2.05, 4.69) is 34.4 Å². The standard InChI is InChI=1S/C15H26N4O2/c1-9(2)12-18-13(16-5)10(3)14(19-12)17-8-15(20)6-7-21-11(15)4/h9,11,20H,6-8H2,1-5H3,(H2,16,17,18,19). The van der Waals surface area contributed by atoms with Crippen LogP contribution in [0.3, 0.4) is 0 Å². The van der Waals surface area contributed by atoms with Crippen molar-refractivity contribution in [2.75, 3.05) is 30.8 Å². The summed E-state index contributed by atoms with van der Waals surface area (Å²) in [4.78, 5) is 9.10. The van der Waals surface area contributed by atoms with Crippen LogP contribution in [-0.2, 0) is 4.74 Å². The Kier molecular flexibility index (Phi) is 4.68. The van der Waals surface area contributed by atoms with Crippen LogP contribution in [0.1, 0.15) is 44.5 Å². The van der Waals surface area contributed by atoms with Gasteiger partial charge in [0.2, 0.25) is 0 Å². The third-order valence-corrected chi connectivity index (χ3v) is 4.14. The van der Waals surface area contributed by atoms with Crippen LogP contribution < -0.4 is 10.6 Å². The van der Waals surface area contributed by atoms with Crippen LogP contribution in [0, 0.1) is 6.92 Å². The highest BCUT2D eigenvalue weighted by Gasteiger charge is 2.39. The van der Waals surface area contributed by atoms with Crippen LogP contribution in [0.15, 0.2) is 0 Å². The predicted molar refractivity (Wildman–Crippen MR) is 83.9 cm³/mol. The summed E-state index contributed by atoms with van der Waals surface area (Å²) in [5.74, 6) is 2.62. The summed E-state index contributed by atoms with van der Waals surface area (Å²) in [6, 6.07) is 0. The Hall–Kier alpha value is -1.40. The summed E-state index contributed by atoms with van der Waals surface area (Å²) in [6.45, 7) is 9.02. The van der Waals surface area contributed by atoms with Crippen molar-refractivity contribution in [1.29, 1.82) is 0 Å². The van der Waals surface area contributed by atoms with Crippen LogP contribution >= 0.6 is 0 Å². The van der Waals surface area contributed by atoms with Crippen LogP contribution in [0.5, 0.6) is 0 Å². The molecule has 2 atom stereocenters. The SMILES string of the molecule is CNc1nc(C(C)C)nc(NCC2(O)CCOC2C)c1C. The highest BCUT2D eigenvalue weighted by molar-refractivity contribution is 5.57. The fraction of sp³-hybridized carbons (Fsp3) is 0.733. The van der Waals surface area contributed by atoms with Crippen LogP contribution in [0.25, 0.3) is 0 Å². The first-order valence-electron chi connectivity index (χ1n) is 7.51. The lowest BCUT2D eigenvalue weighted by Crippen LogP contribution is -2.43. The van der Waals surface area contributed by atoms with E-state index in [1.807, 2.05) is 20.9 Å². The Morgan fingerprint density at radius 3 is 2.57 bits per heavy atom. The topological polar surface area (TPSA) is 79.3 Å². The van der Waals surface area contributed by atoms with Crippen molar-refractivity contribution in [2.45, 2.75) is 51.7 Å². The lowest BCUT2D eigenvalue weighted by Gasteiger charge is -2.27. The second kappa shape index (κ2) is 6.15. The zero-order valence-corrected chi connectivity index (χ0v) is 13.5. The van der Waals surface area contributed by atoms with Gasteiger partial charge in [-0.25, -0.2) is 9.97 Å². The number of aromatic nitrogens is 2. The maximum absolute atomic E-state index is 10.6. The van der Waals surface area contributed by atoms with E-state index in [-0.39, 0.29) is 12.0 Å². The first-order valence-corrected chi connectivity index (χ1v) is 7.51. The van der Waals surface area contributed by atoms with Gasteiger partial charge in [-0.15, -0.1) is 0 Å². The Morgan fingerprint density at radius 1 is 1.38 bits per heavy atom. The van der Waals surface area contributed by atoms with E-state index in [1.54, 1.807) is 0 Å². The molecular weight excluding hydrogens is 268 g/mol. The maximum Gasteiger partial charge on any atom is 0.135 e. The lowest BCUT2D eigenvalue weighted by atomic mass is 9.97. The van der Waals surface area contributed by atoms with E-state index >= 15 is 0 Å². The molecule has 0 radical (unpaired) electrons. The van der Waals surface area contributed by atoms with Crippen molar-refractivity contribution in [3.8, 4) is 0 Å². The number of rotatable bonds is 5. The third kappa shape index (κ3) is 3.27. The highest BCUT2D eigenvalue weighted by atomic mass is 16.5. The van der Waals surface area contributed by atoms with Gasteiger partial charge in [-0.05, 0) is 13.8 Å². The van der Waals surface area contributed by atoms with Crippen molar-refractivity contribution in [2.24, 2.45) is 0 Å². The van der Waals surface area contributed by atoms with E-state index in [4.69, 9.17) is 4.74 Å². The van der Waals surface area contributed by atoms with Crippen molar-refractivity contribution < 1.29 is 9.84 Å². The Balaban J connectivity index is 2.21. The number of nitrogens with zero attached hydrogens (tertiary/aromatic N) is 2. The summed E-state index contributed by atoms with van der Waals surface area (Å²) in [7, 11) is 1.85. The molecule has 3 N–H and O–H groups in total. The predicted octanol–water partition coefficient (Wildman–Crippen LogP) is 1.90. The number of hydrogen-bond acceptors (Lipinski definition) is 6. The van der Waals surface area contributed by atoms with Crippen LogP contribution in [-0.4, -0.2) is 47.0 Å². The molecule has 0 bridgehead atoms. The Morgan fingerprint density at radius 2 is 2.05 bits per heavy atom. The minimum absolute atomic E-state index is 0.166. The molecule has 1 aliphatic heterocycles. The monoisotopic (exact) mass is 294 g/mol. The highest BCUT2D eigenvalue weighted by Crippen LogP contribution is 2.28. The van der Waals surface area contributed by atoms with E-state index in [9.17, 15) is 5.11 Å². The van der Waals surface area contributed by atoms with Gasteiger partial charge in [-0.2, -0.15) is 0 Å². The quantitative estimate of drug-likeness (QED) is 0.770. The Bertz CT molecular complexity index is 507. The zero-order chi connectivity index (χ0) is 15.6. The van der Waals surface area contributed by atoms with Gasteiger partial charge in [0.15, 0.2) is 0 Å². The smallest absolute Gasteiger partial charge is 0.135 e. The normalized spacial score (nSPS) is 25.4. The average molecular weight is 294 g/mol. The number of anilines is 2. The van der Waals surface area contributed by atoms with E-state index < -0.39 is 5.60 Å². The van der Waals surface area contributed by atoms with Gasteiger partial charge in [-0.3, -0.25) is 0 Å². The lowest BCUT2D eigenvalue weighted by molar-refractivity contribution is -0.0176. The second-order valence-electron chi connectivity index (χ2n) is 6.03. The van der Waals surface area contributed by atoms with E-state index in [0.29, 0.717) is 19.6 Å². The maximum atomic E-state index is 10.6. The van der Waals surface area contributed by atoms with Gasteiger partial charge in [0.05, 0.1) is 6.10 Å². The molecule has 0 saturated carbocycles. The summed E-state index contributed by atoms with van der Waals surface area (Å²) in [5.41, 5.74) is 0.118. The minimum atomic E-state index is -0.838. The molecule has 1 aromatic rings. The molecule has 118 valence electrons. The molecule has 2 heterocycles. The molecule has 0 aromatic carbocycles. The van der Waals surface area contributed by atoms with E-state index in [0.717, 1.165) is 23.0 Å². The molecule has 21 heavy (non-hydrogen) atoms. The fourth-order valence-electron chi connectivity index (χ4n) is 2.45. The zero-order valence-electron chi connectivity index (χ0n) is 13.5. The average Bonchev–Trinajstić information content (AvgIpc) is 2.77. The molecule has 0 amide bonds. The molecule has 6 nitrogen and oxygen atoms in total. The second-order valence-corrected chi connectivity index (χ2v) is 6.03. The van der Waals surface area contributed by atoms with Gasteiger partial charge in [-0.1, -0.05) is 13.8 Å². The summed E-state index contributed by atoms with van der Waals surface area (Å²) in [6.07, 6.45) is 0.474. The molecule has 0 aliphatic carbocycles. The molecule has 1 saturated heterocycles. The van der Waals surface area contributed by atoms with Crippen molar-refractivity contribution in [3.05, 3.63) is 11.4 Å². The molecule has 2 rings (SSSR count). The Labute approximate surface area is 126 Å². The number of nitrogens with one attached hydrogen (secondary N) is 2. The number of hydrogen-bond donors (Lipinski definition) is 3. The number of ether oxygens (including phenoxy) is 1. The molecule has 0 spiro atoms. The minimum Gasteiger partial charge on any atom is -0.385 e. The molecule has 6 heteroatoms. The van der Waals surface area contributed by atoms with Gasteiger partial charge >= 0.3 is 0 Å². The fourth-order valence-corrected chi connectivity index (χ4v) is 2.45. The van der Waals surface area contributed by atoms with Crippen LogP contribution in [0.2, 0.25) is 0 Å². The molecule has 1 aromatic heterocycles.